The van der Waals surface area contributed by atoms with Gasteiger partial charge in [-0.3, -0.25) is 9.59 Å². The number of carbonyl (C=O) groups excluding carboxylic acids is 1. The smallest absolute Gasteiger partial charge is 0.308 e. The van der Waals surface area contributed by atoms with E-state index in [-0.39, 0.29) is 23.7 Å². The summed E-state index contributed by atoms with van der Waals surface area (Å²) >= 11 is 0. The number of fused-ring (bicyclic) bond motifs is 1. The number of nitriles is 1. The Morgan fingerprint density at radius 1 is 1.23 bits per heavy atom. The van der Waals surface area contributed by atoms with Crippen LogP contribution in [0.15, 0.2) is 36.7 Å². The maximum atomic E-state index is 12.5. The summed E-state index contributed by atoms with van der Waals surface area (Å²) in [6, 6.07) is 8.49. The molecule has 0 aliphatic carbocycles. The number of anilines is 1. The van der Waals surface area contributed by atoms with Crippen LogP contribution in [-0.4, -0.2) is 50.1 Å². The lowest BCUT2D eigenvalue weighted by Crippen LogP contribution is -2.24. The monoisotopic (exact) mass is 418 g/mol. The lowest BCUT2D eigenvalue weighted by molar-refractivity contribution is -0.140. The first-order valence-electron chi connectivity index (χ1n) is 9.56. The number of hydrogen-bond acceptors (Lipinski definition) is 8. The van der Waals surface area contributed by atoms with Crippen LogP contribution in [0.5, 0.6) is 5.75 Å². The molecule has 1 aliphatic rings. The maximum Gasteiger partial charge on any atom is 0.308 e. The summed E-state index contributed by atoms with van der Waals surface area (Å²) in [5.41, 5.74) is 1.25. The van der Waals surface area contributed by atoms with Gasteiger partial charge in [0.05, 0.1) is 17.6 Å². The lowest BCUT2D eigenvalue weighted by atomic mass is 10.1. The van der Waals surface area contributed by atoms with Gasteiger partial charge in [-0.05, 0) is 30.2 Å². The molecule has 4 heterocycles. The molecule has 0 aromatic carbocycles. The molecule has 0 bridgehead atoms. The Bertz CT molecular complexity index is 1200. The van der Waals surface area contributed by atoms with Gasteiger partial charge in [0.2, 0.25) is 0 Å². The summed E-state index contributed by atoms with van der Waals surface area (Å²) in [5, 5.41) is 31.5. The number of carboxylic acids is 1. The summed E-state index contributed by atoms with van der Waals surface area (Å²) in [7, 11) is 0. The minimum absolute atomic E-state index is 0.129. The van der Waals surface area contributed by atoms with Gasteiger partial charge in [0, 0.05) is 31.2 Å². The molecule has 31 heavy (non-hydrogen) atoms. The number of nitrogens with one attached hydrogen (secondary N) is 1. The Morgan fingerprint density at radius 3 is 2.74 bits per heavy atom. The molecule has 1 amide bonds. The van der Waals surface area contributed by atoms with Gasteiger partial charge in [-0.15, -0.1) is 0 Å². The third-order valence-corrected chi connectivity index (χ3v) is 5.17. The number of carboxylic acid groups (broad SMARTS) is 1. The van der Waals surface area contributed by atoms with Gasteiger partial charge < -0.3 is 20.4 Å². The molecule has 4 rings (SSSR count). The molecule has 1 unspecified atom stereocenters. The number of nitrogens with zero attached hydrogens (tertiary/aromatic N) is 5. The summed E-state index contributed by atoms with van der Waals surface area (Å²) < 4.78 is 0. The minimum Gasteiger partial charge on any atom is -0.505 e. The molecule has 0 radical (unpaired) electrons. The van der Waals surface area contributed by atoms with E-state index in [0.29, 0.717) is 41.8 Å². The molecule has 1 atom stereocenters. The van der Waals surface area contributed by atoms with E-state index in [9.17, 15) is 14.7 Å². The van der Waals surface area contributed by atoms with Crippen LogP contribution in [0, 0.1) is 17.2 Å². The second kappa shape index (κ2) is 8.23. The van der Waals surface area contributed by atoms with E-state index in [1.54, 1.807) is 24.3 Å². The topological polar surface area (TPSA) is 152 Å². The van der Waals surface area contributed by atoms with E-state index in [4.69, 9.17) is 10.4 Å². The highest BCUT2D eigenvalue weighted by Gasteiger charge is 2.29. The number of pyridine rings is 3. The number of amides is 1. The Balaban J connectivity index is 1.50. The van der Waals surface area contributed by atoms with E-state index < -0.39 is 17.8 Å². The van der Waals surface area contributed by atoms with E-state index in [0.717, 1.165) is 0 Å². The Morgan fingerprint density at radius 2 is 2.06 bits per heavy atom. The van der Waals surface area contributed by atoms with Crippen LogP contribution >= 0.6 is 0 Å². The van der Waals surface area contributed by atoms with Crippen molar-refractivity contribution >= 4 is 28.6 Å². The Hall–Kier alpha value is -4.26. The van der Waals surface area contributed by atoms with Gasteiger partial charge in [-0.2, -0.15) is 5.26 Å². The van der Waals surface area contributed by atoms with Crippen molar-refractivity contribution in [3.05, 3.63) is 53.6 Å². The summed E-state index contributed by atoms with van der Waals surface area (Å²) in [4.78, 5) is 38.0. The zero-order valence-electron chi connectivity index (χ0n) is 16.3. The predicted octanol–water partition coefficient (Wildman–Crippen LogP) is 1.44. The molecular formula is C21H18N6O4. The molecule has 0 spiro atoms. The van der Waals surface area contributed by atoms with Gasteiger partial charge in [-0.25, -0.2) is 15.0 Å². The SMILES string of the molecule is N#Cc1ccc(CNC(=O)c2ncc3nc(N4CCC(C(=O)O)C4)ccc3c2O)cn1. The fourth-order valence-electron chi connectivity index (χ4n) is 3.45. The van der Waals surface area contributed by atoms with Crippen molar-refractivity contribution in [1.82, 2.24) is 20.3 Å². The highest BCUT2D eigenvalue weighted by atomic mass is 16.4. The second-order valence-electron chi connectivity index (χ2n) is 7.17. The minimum atomic E-state index is -0.824. The molecule has 1 fully saturated rings. The van der Waals surface area contributed by atoms with E-state index in [1.807, 2.05) is 11.0 Å². The first-order chi connectivity index (χ1) is 15.0. The van der Waals surface area contributed by atoms with Crippen molar-refractivity contribution in [2.45, 2.75) is 13.0 Å². The highest BCUT2D eigenvalue weighted by molar-refractivity contribution is 6.00. The van der Waals surface area contributed by atoms with Crippen molar-refractivity contribution in [2.24, 2.45) is 5.92 Å². The molecule has 1 saturated heterocycles. The summed E-state index contributed by atoms with van der Waals surface area (Å²) in [5.74, 6) is -1.49. The molecule has 10 heteroatoms. The number of carbonyl (C=O) groups is 2. The van der Waals surface area contributed by atoms with Crippen LogP contribution in [0.25, 0.3) is 10.9 Å². The molecule has 3 aromatic heterocycles. The summed E-state index contributed by atoms with van der Waals surface area (Å²) in [6.45, 7) is 1.12. The quantitative estimate of drug-likeness (QED) is 0.559. The zero-order valence-corrected chi connectivity index (χ0v) is 16.3. The lowest BCUT2D eigenvalue weighted by Gasteiger charge is -2.17. The van der Waals surface area contributed by atoms with Crippen LogP contribution in [0.4, 0.5) is 5.82 Å². The van der Waals surface area contributed by atoms with Gasteiger partial charge in [-0.1, -0.05) is 6.07 Å². The molecule has 3 N–H and O–H groups in total. The average Bonchev–Trinajstić information content (AvgIpc) is 3.28. The zero-order chi connectivity index (χ0) is 22.0. The van der Waals surface area contributed by atoms with Gasteiger partial charge >= 0.3 is 5.97 Å². The summed E-state index contributed by atoms with van der Waals surface area (Å²) in [6.07, 6.45) is 3.44. The van der Waals surface area contributed by atoms with Crippen molar-refractivity contribution in [3.63, 3.8) is 0 Å². The highest BCUT2D eigenvalue weighted by Crippen LogP contribution is 2.29. The van der Waals surface area contributed by atoms with Gasteiger partial charge in [0.1, 0.15) is 17.6 Å². The van der Waals surface area contributed by atoms with Crippen molar-refractivity contribution < 1.29 is 19.8 Å². The van der Waals surface area contributed by atoms with Crippen molar-refractivity contribution in [1.29, 1.82) is 5.26 Å². The number of aromatic hydroxyl groups is 1. The number of rotatable bonds is 5. The molecule has 156 valence electrons. The molecular weight excluding hydrogens is 400 g/mol. The number of aliphatic carboxylic acids is 1. The van der Waals surface area contributed by atoms with Crippen LogP contribution < -0.4 is 10.2 Å². The second-order valence-corrected chi connectivity index (χ2v) is 7.17. The third-order valence-electron chi connectivity index (χ3n) is 5.17. The van der Waals surface area contributed by atoms with Crippen LogP contribution in [-0.2, 0) is 11.3 Å². The van der Waals surface area contributed by atoms with Gasteiger partial charge in [0.25, 0.3) is 5.91 Å². The normalized spacial score (nSPS) is 15.6. The van der Waals surface area contributed by atoms with Crippen LogP contribution in [0.2, 0.25) is 0 Å². The predicted molar refractivity (Wildman–Crippen MR) is 109 cm³/mol. The van der Waals surface area contributed by atoms with Crippen molar-refractivity contribution in [2.75, 3.05) is 18.0 Å². The van der Waals surface area contributed by atoms with Crippen LogP contribution in [0.3, 0.4) is 0 Å². The van der Waals surface area contributed by atoms with E-state index >= 15 is 0 Å². The largest absolute Gasteiger partial charge is 0.505 e. The maximum absolute atomic E-state index is 12.5. The first-order valence-corrected chi connectivity index (χ1v) is 9.56. The van der Waals surface area contributed by atoms with Gasteiger partial charge in [0.15, 0.2) is 11.4 Å². The molecule has 0 saturated carbocycles. The fraction of sp³-hybridized carbons (Fsp3) is 0.238. The molecule has 10 nitrogen and oxygen atoms in total. The van der Waals surface area contributed by atoms with E-state index in [1.165, 1.54) is 12.4 Å². The number of aromatic nitrogens is 3. The fourth-order valence-corrected chi connectivity index (χ4v) is 3.45. The number of hydrogen-bond donors (Lipinski definition) is 3. The third kappa shape index (κ3) is 4.06. The standard InChI is InChI=1S/C21H18N6O4/c22-7-14-2-1-12(8-23-14)9-25-20(29)18-19(28)15-3-4-17(26-16(15)10-24-18)27-6-5-13(11-27)21(30)31/h1-4,8,10,13,28H,5-6,9,11H2,(H,25,29)(H,30,31). The van der Waals surface area contributed by atoms with Crippen LogP contribution in [0.1, 0.15) is 28.2 Å². The molecule has 3 aromatic rings. The van der Waals surface area contributed by atoms with Crippen molar-refractivity contribution in [3.8, 4) is 11.8 Å². The Kier molecular flexibility index (Phi) is 5.32. The molecule has 1 aliphatic heterocycles. The first kappa shape index (κ1) is 20.0. The Labute approximate surface area is 176 Å². The van der Waals surface area contributed by atoms with E-state index in [2.05, 4.69) is 20.3 Å². The average molecular weight is 418 g/mol.